The average Bonchev–Trinajstić information content (AvgIpc) is 0.955. The number of carboxylic acids is 2. The molecule has 0 aromatic rings. The third kappa shape index (κ3) is 104. The monoisotopic (exact) mass is 1620 g/mol. The van der Waals surface area contributed by atoms with Crippen LogP contribution in [0.25, 0.3) is 0 Å². The number of carboxylic acid groups (broad SMARTS) is 2. The summed E-state index contributed by atoms with van der Waals surface area (Å²) in [7, 11) is 0. The van der Waals surface area contributed by atoms with Crippen LogP contribution in [0.4, 0.5) is 0 Å². The summed E-state index contributed by atoms with van der Waals surface area (Å²) in [5.41, 5.74) is 0. The van der Waals surface area contributed by atoms with E-state index in [-0.39, 0.29) is 50.6 Å². The van der Waals surface area contributed by atoms with E-state index in [1.165, 1.54) is 565 Å². The van der Waals surface area contributed by atoms with E-state index in [1.807, 2.05) is 0 Å². The largest absolute Gasteiger partial charge is 2.00 e. The summed E-state index contributed by atoms with van der Waals surface area (Å²) < 4.78 is 0. The van der Waals surface area contributed by atoms with Gasteiger partial charge in [-0.25, -0.2) is 0 Å². The molecule has 0 spiro atoms. The van der Waals surface area contributed by atoms with Crippen LogP contribution >= 0.6 is 0 Å². The van der Waals surface area contributed by atoms with Gasteiger partial charge in [-0.1, -0.05) is 567 Å². The Morgan fingerprint density at radius 1 is 0.177 bits per heavy atom. The van der Waals surface area contributed by atoms with Gasteiger partial charge < -0.3 is 29.6 Å². The molecule has 2 atom stereocenters. The minimum Gasteiger partial charge on any atom is -0.550 e. The minimum atomic E-state index is -0.898. The molecule has 2 unspecified atom stereocenters. The van der Waals surface area contributed by atoms with Crippen LogP contribution in [-0.4, -0.2) is 97.7 Å². The number of rotatable bonds is 100. The fraction of sp³-hybridized carbons (Fsp3) is 0.981. The average molecular weight is 1620 g/mol. The zero-order chi connectivity index (χ0) is 81.3. The van der Waals surface area contributed by atoms with E-state index in [0.29, 0.717) is 12.1 Å². The van der Waals surface area contributed by atoms with Crippen LogP contribution in [0, 0.1) is 0 Å². The molecule has 0 heterocycles. The first kappa shape index (κ1) is 117. The van der Waals surface area contributed by atoms with Crippen molar-refractivity contribution in [3.63, 3.8) is 0 Å². The number of aliphatic carboxylic acids is 2. The second-order valence-corrected chi connectivity index (χ2v) is 37.3. The maximum Gasteiger partial charge on any atom is 2.00 e. The smallest absolute Gasteiger partial charge is 0.550 e. The second-order valence-electron chi connectivity index (χ2n) is 37.3. The fourth-order valence-corrected chi connectivity index (χ4v) is 17.8. The molecule has 6 nitrogen and oxygen atoms in total. The summed E-state index contributed by atoms with van der Waals surface area (Å²) in [5.74, 6) is -1.80. The van der Waals surface area contributed by atoms with Crippen LogP contribution in [0.5, 0.6) is 0 Å². The molecule has 0 N–H and O–H groups in total. The van der Waals surface area contributed by atoms with Gasteiger partial charge in [-0.2, -0.15) is 0 Å². The van der Waals surface area contributed by atoms with E-state index >= 15 is 0 Å². The second kappa shape index (κ2) is 106. The maximum absolute atomic E-state index is 11.1. The van der Waals surface area contributed by atoms with Crippen LogP contribution in [0.3, 0.4) is 0 Å². The molecule has 0 aromatic heterocycles. The molecular weight excluding hydrogens is 1410 g/mol. The molecule has 0 rings (SSSR count). The van der Waals surface area contributed by atoms with Gasteiger partial charge in [0.05, 0.1) is 0 Å². The quantitative estimate of drug-likeness (QED) is 0.0445. The van der Waals surface area contributed by atoms with Crippen molar-refractivity contribution in [3.05, 3.63) is 0 Å². The van der Waals surface area contributed by atoms with Gasteiger partial charge in [-0.15, -0.1) is 0 Å². The van der Waals surface area contributed by atoms with E-state index in [0.717, 1.165) is 39.0 Å². The molecule has 0 aliphatic rings. The van der Waals surface area contributed by atoms with Gasteiger partial charge in [0.2, 0.25) is 0 Å². The van der Waals surface area contributed by atoms with Gasteiger partial charge in [0, 0.05) is 24.0 Å². The van der Waals surface area contributed by atoms with Gasteiger partial charge in [-0.05, 0) is 91.4 Å². The summed E-state index contributed by atoms with van der Waals surface area (Å²) >= 11 is 0. The number of hydrogen-bond donors (Lipinski definition) is 0. The van der Waals surface area contributed by atoms with Crippen molar-refractivity contribution >= 4 is 49.7 Å². The number of carbonyl (C=O) groups excluding carboxylic acids is 2. The van der Waals surface area contributed by atoms with Gasteiger partial charge >= 0.3 is 37.7 Å². The van der Waals surface area contributed by atoms with Gasteiger partial charge in [0.15, 0.2) is 0 Å². The molecule has 672 valence electrons. The molecule has 0 saturated heterocycles. The topological polar surface area (TPSA) is 86.7 Å². The molecular formula is C106H212CaN2O4. The first-order valence-electron chi connectivity index (χ1n) is 53.1. The molecule has 7 heteroatoms. The Balaban J connectivity index is -0.00000212. The minimum absolute atomic E-state index is 0. The Hall–Kier alpha value is 0.120. The number of unbranched alkanes of at least 4 members (excludes halogenated alkanes) is 84. The van der Waals surface area contributed by atoms with E-state index in [9.17, 15) is 19.8 Å². The SMILES string of the molecule is CCCCCCCCCCCCCCCCCCCCCCCCN(CCCCCCCCCCCCCCCCCCCCCCCC)C(C)CCC(=O)[O-].CCCCCCCCCCCCCCCCCCCCCCCCN(CCCCCCCCCCCCCCCCCCCCCCCC)C(C)CCC(=O)[O-].[Ca+2]. The summed E-state index contributed by atoms with van der Waals surface area (Å²) in [4.78, 5) is 27.4. The van der Waals surface area contributed by atoms with E-state index in [4.69, 9.17) is 0 Å². The molecule has 0 bridgehead atoms. The number of carbonyl (C=O) groups is 2. The van der Waals surface area contributed by atoms with Crippen molar-refractivity contribution in [2.75, 3.05) is 26.2 Å². The predicted octanol–water partition coefficient (Wildman–Crippen LogP) is 34.4. The molecule has 113 heavy (non-hydrogen) atoms. The molecule has 0 aromatic carbocycles. The van der Waals surface area contributed by atoms with Crippen molar-refractivity contribution in [2.45, 2.75) is 644 Å². The zero-order valence-electron chi connectivity index (χ0n) is 79.3. The number of hydrogen-bond acceptors (Lipinski definition) is 6. The summed E-state index contributed by atoms with van der Waals surface area (Å²) in [5, 5.41) is 22.2. The molecule has 0 aliphatic carbocycles. The standard InChI is InChI=1S/2C53H107NO2.Ca/c2*1-4-6-8-10-12-14-16-18-20-22-24-26-28-30-32-34-36-38-40-42-44-46-50-54(52(3)48-49-53(55)56)51-47-45-43-41-39-37-35-33-31-29-27-25-23-21-19-17-15-13-11-9-7-5-2;/h2*52H,4-51H2,1-3H3,(H,55,56);/q;;+2/p-2. The first-order valence-corrected chi connectivity index (χ1v) is 53.1. The van der Waals surface area contributed by atoms with E-state index < -0.39 is 11.9 Å². The number of nitrogens with zero attached hydrogens (tertiary/aromatic N) is 2. The molecule has 0 fully saturated rings. The normalized spacial score (nSPS) is 12.2. The summed E-state index contributed by atoms with van der Waals surface area (Å²) in [6, 6.07) is 0.690. The van der Waals surface area contributed by atoms with Crippen LogP contribution in [-0.2, 0) is 9.59 Å². The van der Waals surface area contributed by atoms with E-state index in [1.54, 1.807) is 0 Å². The summed E-state index contributed by atoms with van der Waals surface area (Å²) in [6.45, 7) is 18.2. The van der Waals surface area contributed by atoms with Crippen LogP contribution < -0.4 is 10.2 Å². The third-order valence-electron chi connectivity index (χ3n) is 26.0. The van der Waals surface area contributed by atoms with Gasteiger partial charge in [-0.3, -0.25) is 0 Å². The van der Waals surface area contributed by atoms with Crippen LogP contribution in [0.15, 0.2) is 0 Å². The van der Waals surface area contributed by atoms with Crippen molar-refractivity contribution in [2.24, 2.45) is 0 Å². The van der Waals surface area contributed by atoms with E-state index in [2.05, 4.69) is 51.3 Å². The fourth-order valence-electron chi connectivity index (χ4n) is 17.8. The van der Waals surface area contributed by atoms with Crippen molar-refractivity contribution < 1.29 is 19.8 Å². The van der Waals surface area contributed by atoms with Crippen LogP contribution in [0.2, 0.25) is 0 Å². The van der Waals surface area contributed by atoms with Gasteiger partial charge in [0.1, 0.15) is 0 Å². The Morgan fingerprint density at radius 2 is 0.265 bits per heavy atom. The third-order valence-corrected chi connectivity index (χ3v) is 26.0. The van der Waals surface area contributed by atoms with Crippen LogP contribution in [0.1, 0.15) is 632 Å². The molecule has 0 aliphatic heterocycles. The van der Waals surface area contributed by atoms with Gasteiger partial charge in [0.25, 0.3) is 0 Å². The summed E-state index contributed by atoms with van der Waals surface area (Å²) in [6.07, 6.45) is 127. The van der Waals surface area contributed by atoms with Crippen molar-refractivity contribution in [1.82, 2.24) is 9.80 Å². The zero-order valence-corrected chi connectivity index (χ0v) is 81.5. The Morgan fingerprint density at radius 3 is 0.354 bits per heavy atom. The Labute approximate surface area is 744 Å². The first-order chi connectivity index (χ1) is 55.2. The Bertz CT molecular complexity index is 1480. The molecule has 0 amide bonds. The van der Waals surface area contributed by atoms with Crippen molar-refractivity contribution in [1.29, 1.82) is 0 Å². The predicted molar refractivity (Wildman–Crippen MR) is 505 cm³/mol. The Kier molecular flexibility index (Phi) is 110. The molecule has 0 saturated carbocycles. The maximum atomic E-state index is 11.1. The van der Waals surface area contributed by atoms with Crippen molar-refractivity contribution in [3.8, 4) is 0 Å². The molecule has 0 radical (unpaired) electrons.